The molecule has 9 atom stereocenters. The number of esters is 1. The SMILES string of the molecule is C.C.C.C.C.C.C.C.C.C.C.C.C.C.C.C.C.C.C.C.CCC(CCC(C)(C)C(=O)OCc1c2ccccc2cc2ccccc12)c1ccccc1.CCC(CCC(C)c1ccc([Si](C)(C)C)cc1)c1ccccc1.CCC(CCC(C)c1ccc2c(c1)CC2)c1ccccc1.CCC(CCC(C)c1ccc2cc3ccccc3cc2c1)c1ccccc1.CCC(CCC(C)c1ccc2ccccc2c1)c1ccccc1. The van der Waals surface area contributed by atoms with E-state index in [1.165, 1.54) is 183 Å². The van der Waals surface area contributed by atoms with Crippen molar-refractivity contribution in [3.8, 4) is 0 Å². The Labute approximate surface area is 907 Å². The van der Waals surface area contributed by atoms with E-state index < -0.39 is 13.5 Å². The van der Waals surface area contributed by atoms with Crippen LogP contribution >= 0.6 is 0 Å². The Morgan fingerprint density at radius 3 is 0.836 bits per heavy atom. The molecule has 1 aliphatic rings. The molecular formula is C143H224O2Si. The van der Waals surface area contributed by atoms with Crippen molar-refractivity contribution >= 4 is 73.1 Å². The molecule has 0 bridgehead atoms. The lowest BCUT2D eigenvalue weighted by atomic mass is 9.82. The maximum atomic E-state index is 13.1. The van der Waals surface area contributed by atoms with Gasteiger partial charge in [-0.25, -0.2) is 0 Å². The van der Waals surface area contributed by atoms with Crippen molar-refractivity contribution in [1.82, 2.24) is 0 Å². The van der Waals surface area contributed by atoms with Crippen LogP contribution in [0.3, 0.4) is 0 Å². The first kappa shape index (κ1) is 153. The summed E-state index contributed by atoms with van der Waals surface area (Å²) in [6.45, 7) is 32.5. The molecule has 0 fully saturated rings. The normalized spacial score (nSPS) is 12.1. The summed E-state index contributed by atoms with van der Waals surface area (Å²) in [4.78, 5) is 13.1. The molecule has 0 saturated carbocycles. The Balaban J connectivity index is -0.000000223. The zero-order chi connectivity index (χ0) is 88.8. The van der Waals surface area contributed by atoms with Crippen LogP contribution in [0.1, 0.15) is 441 Å². The molecule has 0 aliphatic heterocycles. The van der Waals surface area contributed by atoms with Gasteiger partial charge >= 0.3 is 5.97 Å². The van der Waals surface area contributed by atoms with Gasteiger partial charge in [0.15, 0.2) is 0 Å². The number of hydrogen-bond acceptors (Lipinski definition) is 2. The first-order valence-corrected chi connectivity index (χ1v) is 51.6. The van der Waals surface area contributed by atoms with Crippen LogP contribution in [-0.2, 0) is 29.0 Å². The molecule has 0 N–H and O–H groups in total. The predicted molar refractivity (Wildman–Crippen MR) is 686 cm³/mol. The summed E-state index contributed by atoms with van der Waals surface area (Å²) in [7, 11) is -1.18. The lowest BCUT2D eigenvalue weighted by molar-refractivity contribution is -0.155. The smallest absolute Gasteiger partial charge is 0.311 e. The fraction of sp³-hybridized carbons (Fsp3) is 0.434. The van der Waals surface area contributed by atoms with Gasteiger partial charge in [-0.15, -0.1) is 0 Å². The number of hydrogen-bond donors (Lipinski definition) is 0. The topological polar surface area (TPSA) is 26.3 Å². The molecule has 0 amide bonds. The van der Waals surface area contributed by atoms with Gasteiger partial charge in [0, 0.05) is 5.56 Å². The minimum absolute atomic E-state index is 0. The third-order valence-corrected chi connectivity index (χ3v) is 30.0. The maximum absolute atomic E-state index is 13.1. The van der Waals surface area contributed by atoms with Gasteiger partial charge in [0.1, 0.15) is 6.61 Å². The molecule has 2 nitrogen and oxygen atoms in total. The van der Waals surface area contributed by atoms with Crippen molar-refractivity contribution in [3.05, 3.63) is 413 Å². The number of carbonyl (C=O) groups is 1. The molecule has 0 spiro atoms. The van der Waals surface area contributed by atoms with Crippen molar-refractivity contribution in [2.24, 2.45) is 5.41 Å². The van der Waals surface area contributed by atoms with Crippen molar-refractivity contribution < 1.29 is 9.53 Å². The van der Waals surface area contributed by atoms with E-state index in [-0.39, 0.29) is 155 Å². The van der Waals surface area contributed by atoms with Gasteiger partial charge in [-0.3, -0.25) is 4.79 Å². The molecule has 15 aromatic rings. The summed E-state index contributed by atoms with van der Waals surface area (Å²) in [5.41, 5.74) is 17.0. The lowest BCUT2D eigenvalue weighted by Crippen LogP contribution is -2.37. The lowest BCUT2D eigenvalue weighted by Gasteiger charge is -2.25. The second-order valence-corrected chi connectivity index (χ2v) is 43.2. The van der Waals surface area contributed by atoms with Crippen LogP contribution in [0.2, 0.25) is 19.6 Å². The second-order valence-electron chi connectivity index (χ2n) is 38.1. The Kier molecular flexibility index (Phi) is 80.4. The Hall–Kier alpha value is -10.7. The van der Waals surface area contributed by atoms with E-state index >= 15 is 0 Å². The Morgan fingerprint density at radius 1 is 0.253 bits per heavy atom. The number of ether oxygens (including phenoxy) is 1. The fourth-order valence-corrected chi connectivity index (χ4v) is 20.1. The molecule has 812 valence electrons. The highest BCUT2D eigenvalue weighted by Gasteiger charge is 2.31. The summed E-state index contributed by atoms with van der Waals surface area (Å²) < 4.78 is 5.94. The minimum atomic E-state index is -1.18. The van der Waals surface area contributed by atoms with Crippen molar-refractivity contribution in [3.63, 3.8) is 0 Å². The zero-order valence-electron chi connectivity index (χ0n) is 78.6. The van der Waals surface area contributed by atoms with Gasteiger partial charge in [0.05, 0.1) is 13.5 Å². The monoisotopic (exact) mass is 2000 g/mol. The van der Waals surface area contributed by atoms with E-state index in [9.17, 15) is 4.79 Å². The third-order valence-electron chi connectivity index (χ3n) is 28.0. The van der Waals surface area contributed by atoms with Crippen molar-refractivity contribution in [2.75, 3.05) is 0 Å². The average molecular weight is 2000 g/mol. The van der Waals surface area contributed by atoms with Gasteiger partial charge in [0.25, 0.3) is 0 Å². The molecule has 9 unspecified atom stereocenters. The molecule has 16 rings (SSSR count). The van der Waals surface area contributed by atoms with Crippen molar-refractivity contribution in [1.29, 1.82) is 0 Å². The quantitative estimate of drug-likeness (QED) is 0.0233. The average Bonchev–Trinajstić information content (AvgIpc) is 0.766. The second kappa shape index (κ2) is 76.8. The van der Waals surface area contributed by atoms with E-state index in [4.69, 9.17) is 4.74 Å². The van der Waals surface area contributed by atoms with Crippen LogP contribution in [0.5, 0.6) is 0 Å². The van der Waals surface area contributed by atoms with E-state index in [1.54, 1.807) is 16.3 Å². The minimum Gasteiger partial charge on any atom is -0.460 e. The summed E-state index contributed by atoms with van der Waals surface area (Å²) in [5, 5.41) is 14.2. The number of aryl methyl sites for hydroxylation is 2. The van der Waals surface area contributed by atoms with E-state index in [0.717, 1.165) is 35.6 Å². The molecule has 1 aliphatic carbocycles. The van der Waals surface area contributed by atoms with Crippen LogP contribution in [-0.4, -0.2) is 14.0 Å². The van der Waals surface area contributed by atoms with E-state index in [1.807, 2.05) is 38.1 Å². The first-order valence-electron chi connectivity index (χ1n) is 48.1. The summed E-state index contributed by atoms with van der Waals surface area (Å²) in [6, 6.07) is 126. The highest BCUT2D eigenvalue weighted by atomic mass is 28.3. The molecule has 0 radical (unpaired) electrons. The van der Waals surface area contributed by atoms with Crippen molar-refractivity contribution in [2.45, 2.75) is 413 Å². The molecular weight excluding hydrogens is 1780 g/mol. The summed E-state index contributed by atoms with van der Waals surface area (Å²) in [6.07, 6.45) is 20.4. The van der Waals surface area contributed by atoms with Crippen LogP contribution in [0.25, 0.3) is 53.9 Å². The first-order chi connectivity index (χ1) is 61.2. The van der Waals surface area contributed by atoms with Crippen LogP contribution in [0.4, 0.5) is 0 Å². The molecule has 0 saturated heterocycles. The highest BCUT2D eigenvalue weighted by molar-refractivity contribution is 6.88. The molecule has 0 heterocycles. The molecule has 15 aromatic carbocycles. The standard InChI is InChI=1S/C30H32O2.C27H28.C23H26.C22H32Si.C21H26.20CH4/c1-4-22(23-12-6-5-7-13-23)18-19-30(2,3)29(31)32-21-28-26-16-10-8-14-24(26)20-25-15-9-11-17-27(25)28;1-3-21(22-9-5-4-6-10-22)14-13-20(2)23-15-16-26-18-24-11-7-8-12-25(24)19-27(26)17-23;1-3-19(20-9-5-4-6-10-20)14-13-18(2)22-16-15-21-11-7-8-12-23(21)17-22;1-6-19(21-10-8-7-9-11-21)13-12-18(2)20-14-16-22(17-15-20)23(3,4)5;1-3-17(18-7-5-4-6-8-18)10-9-16(2)20-13-11-19-12-14-21(19)15-20;;;;;;;;;;;;;;;;;;;;/h5-17,20,22H,4,18-19,21H2,1-3H3;4-12,15-21H,3,13-14H2,1-2H3;4-12,15-19H,3,13-14H2,1-2H3;7-11,14-19H,6,12-13H2,1-5H3;4-8,11,13,15-17H,3,9-10,12,14H2,1-2H3;20*1H4. The Morgan fingerprint density at radius 2 is 0.507 bits per heavy atom. The van der Waals surface area contributed by atoms with Crippen LogP contribution < -0.4 is 5.19 Å². The Bertz CT molecular complexity index is 5730. The third kappa shape index (κ3) is 43.2. The number of rotatable bonds is 33. The van der Waals surface area contributed by atoms with Crippen LogP contribution in [0, 0.1) is 5.41 Å². The largest absolute Gasteiger partial charge is 0.460 e. The molecule has 146 heavy (non-hydrogen) atoms. The van der Waals surface area contributed by atoms with E-state index in [0.29, 0.717) is 59.9 Å². The number of benzene rings is 15. The van der Waals surface area contributed by atoms with Gasteiger partial charge in [-0.1, -0.05) is 563 Å². The highest BCUT2D eigenvalue weighted by Crippen LogP contribution is 2.40. The molecule has 0 aromatic heterocycles. The molecule has 3 heteroatoms. The van der Waals surface area contributed by atoms with E-state index in [2.05, 4.69) is 403 Å². The van der Waals surface area contributed by atoms with Gasteiger partial charge in [-0.05, 0) is 310 Å². The summed E-state index contributed by atoms with van der Waals surface area (Å²) >= 11 is 0. The number of carbonyl (C=O) groups excluding carboxylic acids is 1. The van der Waals surface area contributed by atoms with Gasteiger partial charge in [0.2, 0.25) is 0 Å². The van der Waals surface area contributed by atoms with Crippen LogP contribution in [0.15, 0.2) is 346 Å². The zero-order valence-corrected chi connectivity index (χ0v) is 79.6. The predicted octanol–water partition coefficient (Wildman–Crippen LogP) is 47.9. The fourth-order valence-electron chi connectivity index (χ4n) is 19.0. The number of fused-ring (bicyclic) bond motifs is 6. The summed E-state index contributed by atoms with van der Waals surface area (Å²) in [5.74, 6) is 5.59. The van der Waals surface area contributed by atoms with Gasteiger partial charge in [-0.2, -0.15) is 0 Å². The van der Waals surface area contributed by atoms with Gasteiger partial charge < -0.3 is 4.74 Å². The maximum Gasteiger partial charge on any atom is 0.311 e.